The molecule has 0 aliphatic rings. The van der Waals surface area contributed by atoms with Crippen molar-refractivity contribution in [2.75, 3.05) is 5.43 Å². The van der Waals surface area contributed by atoms with Crippen LogP contribution in [0, 0.1) is 10.1 Å². The van der Waals surface area contributed by atoms with E-state index < -0.39 is 4.92 Å². The van der Waals surface area contributed by atoms with Gasteiger partial charge >= 0.3 is 5.69 Å². The van der Waals surface area contributed by atoms with E-state index in [1.165, 1.54) is 24.5 Å². The number of aromatic nitrogens is 1. The number of anilines is 1. The number of hydrazone groups is 1. The summed E-state index contributed by atoms with van der Waals surface area (Å²) in [6, 6.07) is 8.10. The molecule has 7 nitrogen and oxygen atoms in total. The monoisotopic (exact) mass is 348 g/mol. The van der Waals surface area contributed by atoms with Gasteiger partial charge in [0.15, 0.2) is 0 Å². The van der Waals surface area contributed by atoms with Gasteiger partial charge in [0.1, 0.15) is 5.75 Å². The number of hydrogen-bond donors (Lipinski definition) is 1. The number of benzene rings is 1. The van der Waals surface area contributed by atoms with Gasteiger partial charge in [-0.25, -0.2) is 4.98 Å². The van der Waals surface area contributed by atoms with Crippen molar-refractivity contribution in [3.05, 3.63) is 57.2 Å². The second-order valence-electron chi connectivity index (χ2n) is 5.02. The van der Waals surface area contributed by atoms with Crippen molar-refractivity contribution in [3.63, 3.8) is 0 Å². The Morgan fingerprint density at radius 1 is 1.50 bits per heavy atom. The van der Waals surface area contributed by atoms with Crippen LogP contribution < -0.4 is 10.2 Å². The largest absolute Gasteiger partial charge is 0.489 e. The third kappa shape index (κ3) is 4.66. The first-order chi connectivity index (χ1) is 11.5. The predicted octanol–water partition coefficient (Wildman–Crippen LogP) is 4.27. The molecule has 126 valence electrons. The Labute approximate surface area is 144 Å². The van der Waals surface area contributed by atoms with Crippen LogP contribution in [-0.2, 0) is 0 Å². The fraction of sp³-hybridized carbons (Fsp3) is 0.250. The Hall–Kier alpha value is -2.67. The summed E-state index contributed by atoms with van der Waals surface area (Å²) in [5, 5.41) is 15.3. The maximum absolute atomic E-state index is 10.9. The van der Waals surface area contributed by atoms with Crippen molar-refractivity contribution in [1.29, 1.82) is 0 Å². The number of pyridine rings is 1. The molecule has 0 spiro atoms. The lowest BCUT2D eigenvalue weighted by atomic mass is 10.2. The van der Waals surface area contributed by atoms with Crippen LogP contribution in [0.4, 0.5) is 11.5 Å². The third-order valence-electron chi connectivity index (χ3n) is 3.23. The molecule has 0 fully saturated rings. The van der Waals surface area contributed by atoms with Gasteiger partial charge in [0.05, 0.1) is 22.3 Å². The highest BCUT2D eigenvalue weighted by atomic mass is 35.5. The van der Waals surface area contributed by atoms with Crippen LogP contribution in [-0.4, -0.2) is 22.2 Å². The molecule has 1 aromatic heterocycles. The van der Waals surface area contributed by atoms with Gasteiger partial charge in [-0.3, -0.25) is 15.5 Å². The van der Waals surface area contributed by atoms with Gasteiger partial charge in [-0.15, -0.1) is 0 Å². The minimum Gasteiger partial charge on any atom is -0.489 e. The molecule has 1 atom stereocenters. The zero-order chi connectivity index (χ0) is 17.5. The zero-order valence-electron chi connectivity index (χ0n) is 13.3. The quantitative estimate of drug-likeness (QED) is 0.458. The zero-order valence-corrected chi connectivity index (χ0v) is 14.0. The summed E-state index contributed by atoms with van der Waals surface area (Å²) in [4.78, 5) is 14.3. The van der Waals surface area contributed by atoms with Gasteiger partial charge in [0.2, 0.25) is 5.82 Å². The third-order valence-corrected chi connectivity index (χ3v) is 3.52. The standard InChI is InChI=1S/C16H17ClN4O3/c1-3-11(2)24-15-7-6-12(9-13(15)17)10-19-20-16-14(21(22)23)5-4-8-18-16/h4-11H,3H2,1-2H3,(H,18,20). The predicted molar refractivity (Wildman–Crippen MR) is 93.9 cm³/mol. The Morgan fingerprint density at radius 2 is 2.29 bits per heavy atom. The molecule has 0 amide bonds. The Kier molecular flexibility index (Phi) is 6.08. The molecule has 1 N–H and O–H groups in total. The van der Waals surface area contributed by atoms with E-state index >= 15 is 0 Å². The van der Waals surface area contributed by atoms with Gasteiger partial charge in [-0.2, -0.15) is 5.10 Å². The van der Waals surface area contributed by atoms with E-state index in [1.807, 2.05) is 13.8 Å². The lowest BCUT2D eigenvalue weighted by molar-refractivity contribution is -0.384. The van der Waals surface area contributed by atoms with Crippen molar-refractivity contribution in [3.8, 4) is 5.75 Å². The number of nitrogens with zero attached hydrogens (tertiary/aromatic N) is 3. The van der Waals surface area contributed by atoms with Crippen LogP contribution in [0.3, 0.4) is 0 Å². The van der Waals surface area contributed by atoms with E-state index in [-0.39, 0.29) is 17.6 Å². The molecule has 24 heavy (non-hydrogen) atoms. The highest BCUT2D eigenvalue weighted by Crippen LogP contribution is 2.26. The number of nitro groups is 1. The minimum absolute atomic E-state index is 0.0709. The second-order valence-corrected chi connectivity index (χ2v) is 5.43. The maximum atomic E-state index is 10.9. The first-order valence-corrected chi connectivity index (χ1v) is 7.73. The maximum Gasteiger partial charge on any atom is 0.313 e. The van der Waals surface area contributed by atoms with E-state index in [4.69, 9.17) is 16.3 Å². The van der Waals surface area contributed by atoms with Gasteiger partial charge in [-0.1, -0.05) is 18.5 Å². The van der Waals surface area contributed by atoms with Crippen LogP contribution in [0.25, 0.3) is 0 Å². The molecule has 1 heterocycles. The number of rotatable bonds is 7. The van der Waals surface area contributed by atoms with Crippen LogP contribution in [0.2, 0.25) is 5.02 Å². The van der Waals surface area contributed by atoms with Gasteiger partial charge in [0, 0.05) is 12.3 Å². The molecule has 2 aromatic rings. The topological polar surface area (TPSA) is 89.7 Å². The molecule has 0 aliphatic carbocycles. The van der Waals surface area contributed by atoms with Gasteiger partial charge in [-0.05, 0) is 43.2 Å². The van der Waals surface area contributed by atoms with Crippen molar-refractivity contribution < 1.29 is 9.66 Å². The van der Waals surface area contributed by atoms with E-state index in [0.29, 0.717) is 10.8 Å². The first kappa shape index (κ1) is 17.7. The minimum atomic E-state index is -0.525. The molecule has 0 saturated heterocycles. The fourth-order valence-electron chi connectivity index (χ4n) is 1.79. The van der Waals surface area contributed by atoms with Crippen LogP contribution in [0.5, 0.6) is 5.75 Å². The summed E-state index contributed by atoms with van der Waals surface area (Å²) in [6.07, 6.45) is 3.90. The summed E-state index contributed by atoms with van der Waals surface area (Å²) < 4.78 is 5.69. The molecule has 8 heteroatoms. The average molecular weight is 349 g/mol. The summed E-state index contributed by atoms with van der Waals surface area (Å²) in [5.41, 5.74) is 3.14. The number of hydrogen-bond acceptors (Lipinski definition) is 6. The SMILES string of the molecule is CCC(C)Oc1ccc(C=NNc2ncccc2[N+](=O)[O-])cc1Cl. The van der Waals surface area contributed by atoms with Crippen molar-refractivity contribution >= 4 is 29.3 Å². The van der Waals surface area contributed by atoms with Crippen molar-refractivity contribution in [2.24, 2.45) is 5.10 Å². The lowest BCUT2D eigenvalue weighted by Gasteiger charge is -2.13. The Balaban J connectivity index is 2.08. The smallest absolute Gasteiger partial charge is 0.313 e. The highest BCUT2D eigenvalue weighted by molar-refractivity contribution is 6.32. The van der Waals surface area contributed by atoms with E-state index in [0.717, 1.165) is 12.0 Å². The Bertz CT molecular complexity index is 752. The van der Waals surface area contributed by atoms with Gasteiger partial charge in [0.25, 0.3) is 0 Å². The van der Waals surface area contributed by atoms with E-state index in [2.05, 4.69) is 15.5 Å². The fourth-order valence-corrected chi connectivity index (χ4v) is 2.02. The lowest BCUT2D eigenvalue weighted by Crippen LogP contribution is -2.10. The normalized spacial score (nSPS) is 12.1. The highest BCUT2D eigenvalue weighted by Gasteiger charge is 2.13. The summed E-state index contributed by atoms with van der Waals surface area (Å²) in [7, 11) is 0. The van der Waals surface area contributed by atoms with Crippen LogP contribution >= 0.6 is 11.6 Å². The second kappa shape index (κ2) is 8.26. The van der Waals surface area contributed by atoms with Crippen molar-refractivity contribution in [1.82, 2.24) is 4.98 Å². The molecule has 0 bridgehead atoms. The Morgan fingerprint density at radius 3 is 2.96 bits per heavy atom. The van der Waals surface area contributed by atoms with E-state index in [1.54, 1.807) is 18.2 Å². The molecular formula is C16H17ClN4O3. The first-order valence-electron chi connectivity index (χ1n) is 7.36. The average Bonchev–Trinajstić information content (AvgIpc) is 2.57. The number of ether oxygens (including phenoxy) is 1. The molecule has 0 radical (unpaired) electrons. The summed E-state index contributed by atoms with van der Waals surface area (Å²) in [6.45, 7) is 4.00. The molecular weight excluding hydrogens is 332 g/mol. The van der Waals surface area contributed by atoms with Crippen LogP contribution in [0.1, 0.15) is 25.8 Å². The van der Waals surface area contributed by atoms with Gasteiger partial charge < -0.3 is 4.74 Å². The molecule has 2 rings (SSSR count). The molecule has 1 unspecified atom stereocenters. The van der Waals surface area contributed by atoms with Crippen molar-refractivity contribution in [2.45, 2.75) is 26.4 Å². The number of nitrogens with one attached hydrogen (secondary N) is 1. The summed E-state index contributed by atoms with van der Waals surface area (Å²) >= 11 is 6.18. The molecule has 0 saturated carbocycles. The number of halogens is 1. The van der Waals surface area contributed by atoms with Crippen LogP contribution in [0.15, 0.2) is 41.6 Å². The summed E-state index contributed by atoms with van der Waals surface area (Å²) in [5.74, 6) is 0.679. The molecule has 1 aromatic carbocycles. The van der Waals surface area contributed by atoms with E-state index in [9.17, 15) is 10.1 Å². The molecule has 0 aliphatic heterocycles.